The van der Waals surface area contributed by atoms with E-state index in [1.54, 1.807) is 4.68 Å². The van der Waals surface area contributed by atoms with Crippen LogP contribution in [0.2, 0.25) is 0 Å². The van der Waals surface area contributed by atoms with Crippen LogP contribution in [0.1, 0.15) is 37.6 Å². The van der Waals surface area contributed by atoms with E-state index in [0.29, 0.717) is 18.1 Å². The van der Waals surface area contributed by atoms with Crippen molar-refractivity contribution in [2.24, 2.45) is 10.9 Å². The van der Waals surface area contributed by atoms with E-state index in [9.17, 15) is 0 Å². The van der Waals surface area contributed by atoms with Gasteiger partial charge in [-0.15, -0.1) is 5.10 Å². The molecule has 0 aliphatic heterocycles. The molecule has 0 amide bonds. The second kappa shape index (κ2) is 8.76. The Bertz CT molecular complexity index is 581. The molecule has 0 aliphatic carbocycles. The van der Waals surface area contributed by atoms with Gasteiger partial charge < -0.3 is 10.6 Å². The maximum atomic E-state index is 5.85. The van der Waals surface area contributed by atoms with Gasteiger partial charge in [0.25, 0.3) is 0 Å². The molecule has 7 nitrogen and oxygen atoms in total. The van der Waals surface area contributed by atoms with Gasteiger partial charge in [0.2, 0.25) is 0 Å². The number of nitrogens with two attached hydrogens (primary N) is 1. The van der Waals surface area contributed by atoms with Gasteiger partial charge in [-0.05, 0) is 28.8 Å². The average molecular weight is 302 g/mol. The van der Waals surface area contributed by atoms with E-state index < -0.39 is 0 Å². The molecule has 2 aromatic rings. The third kappa shape index (κ3) is 5.16. The third-order valence-electron chi connectivity index (χ3n) is 3.22. The SMILES string of the molecule is CCCCn1nnnc1CO/N=C(\N)CCc1ccccc1. The van der Waals surface area contributed by atoms with Crippen molar-refractivity contribution in [1.29, 1.82) is 0 Å². The zero-order chi connectivity index (χ0) is 15.6. The van der Waals surface area contributed by atoms with Crippen molar-refractivity contribution < 1.29 is 4.84 Å². The highest BCUT2D eigenvalue weighted by Crippen LogP contribution is 2.03. The maximum Gasteiger partial charge on any atom is 0.191 e. The molecule has 0 fully saturated rings. The van der Waals surface area contributed by atoms with Crippen LogP contribution in [-0.2, 0) is 24.4 Å². The first-order valence-corrected chi connectivity index (χ1v) is 7.53. The molecule has 0 bridgehead atoms. The van der Waals surface area contributed by atoms with Crippen molar-refractivity contribution in [1.82, 2.24) is 20.2 Å². The molecule has 0 spiro atoms. The minimum absolute atomic E-state index is 0.225. The lowest BCUT2D eigenvalue weighted by molar-refractivity contribution is 0.120. The first-order valence-electron chi connectivity index (χ1n) is 7.53. The van der Waals surface area contributed by atoms with Crippen molar-refractivity contribution >= 4 is 5.84 Å². The van der Waals surface area contributed by atoms with Gasteiger partial charge in [0.1, 0.15) is 5.84 Å². The Hall–Kier alpha value is -2.44. The van der Waals surface area contributed by atoms with Gasteiger partial charge in [0.05, 0.1) is 0 Å². The Morgan fingerprint density at radius 3 is 2.91 bits per heavy atom. The summed E-state index contributed by atoms with van der Waals surface area (Å²) in [7, 11) is 0. The molecule has 1 aromatic heterocycles. The average Bonchev–Trinajstić information content (AvgIpc) is 2.99. The standard InChI is InChI=1S/C15H22N6O/c1-2-3-11-21-15(17-19-20-21)12-22-18-14(16)10-9-13-7-5-4-6-8-13/h4-8H,2-3,9-12H2,1H3,(H2,16,18). The molecular weight excluding hydrogens is 280 g/mol. The predicted molar refractivity (Wildman–Crippen MR) is 83.9 cm³/mol. The summed E-state index contributed by atoms with van der Waals surface area (Å²) >= 11 is 0. The zero-order valence-electron chi connectivity index (χ0n) is 12.9. The van der Waals surface area contributed by atoms with Gasteiger partial charge in [-0.1, -0.05) is 48.8 Å². The van der Waals surface area contributed by atoms with Crippen molar-refractivity contribution in [3.63, 3.8) is 0 Å². The minimum atomic E-state index is 0.225. The highest BCUT2D eigenvalue weighted by molar-refractivity contribution is 5.79. The number of amidine groups is 1. The topological polar surface area (TPSA) is 91.2 Å². The molecule has 0 unspecified atom stereocenters. The van der Waals surface area contributed by atoms with Crippen LogP contribution in [0.4, 0.5) is 0 Å². The van der Waals surface area contributed by atoms with E-state index >= 15 is 0 Å². The number of aryl methyl sites for hydroxylation is 2. The van der Waals surface area contributed by atoms with Crippen LogP contribution in [0.5, 0.6) is 0 Å². The lowest BCUT2D eigenvalue weighted by Gasteiger charge is -2.04. The fraction of sp³-hybridized carbons (Fsp3) is 0.467. The Balaban J connectivity index is 1.76. The molecule has 1 aromatic carbocycles. The first kappa shape index (κ1) is 15.9. The molecular formula is C15H22N6O. The molecule has 0 radical (unpaired) electrons. The van der Waals surface area contributed by atoms with Crippen LogP contribution in [0.25, 0.3) is 0 Å². The molecule has 1 heterocycles. The van der Waals surface area contributed by atoms with Crippen molar-refractivity contribution in [3.05, 3.63) is 41.7 Å². The number of nitrogens with zero attached hydrogens (tertiary/aromatic N) is 5. The monoisotopic (exact) mass is 302 g/mol. The van der Waals surface area contributed by atoms with E-state index in [0.717, 1.165) is 25.8 Å². The summed E-state index contributed by atoms with van der Waals surface area (Å²) in [5.41, 5.74) is 7.07. The number of tetrazole rings is 1. The van der Waals surface area contributed by atoms with Crippen LogP contribution >= 0.6 is 0 Å². The predicted octanol–water partition coefficient (Wildman–Crippen LogP) is 1.89. The van der Waals surface area contributed by atoms with E-state index in [1.807, 2.05) is 18.2 Å². The summed E-state index contributed by atoms with van der Waals surface area (Å²) in [5.74, 6) is 1.13. The molecule has 118 valence electrons. The Morgan fingerprint density at radius 2 is 2.14 bits per heavy atom. The number of oxime groups is 1. The van der Waals surface area contributed by atoms with Gasteiger partial charge in [-0.2, -0.15) is 0 Å². The highest BCUT2D eigenvalue weighted by Gasteiger charge is 2.06. The second-order valence-corrected chi connectivity index (χ2v) is 5.01. The molecule has 0 saturated carbocycles. The van der Waals surface area contributed by atoms with E-state index in [-0.39, 0.29) is 6.61 Å². The molecule has 2 rings (SSSR count). The lowest BCUT2D eigenvalue weighted by atomic mass is 10.1. The molecule has 0 atom stereocenters. The van der Waals surface area contributed by atoms with Crippen molar-refractivity contribution in [2.75, 3.05) is 0 Å². The molecule has 0 saturated heterocycles. The summed E-state index contributed by atoms with van der Waals surface area (Å²) in [5, 5.41) is 15.4. The minimum Gasteiger partial charge on any atom is -0.386 e. The second-order valence-electron chi connectivity index (χ2n) is 5.01. The molecule has 7 heteroatoms. The summed E-state index contributed by atoms with van der Waals surface area (Å²) in [4.78, 5) is 5.25. The van der Waals surface area contributed by atoms with E-state index in [4.69, 9.17) is 10.6 Å². The van der Waals surface area contributed by atoms with Gasteiger partial charge >= 0.3 is 0 Å². The number of benzene rings is 1. The normalized spacial score (nSPS) is 11.6. The Morgan fingerprint density at radius 1 is 1.32 bits per heavy atom. The van der Waals surface area contributed by atoms with Gasteiger partial charge in [0, 0.05) is 13.0 Å². The fourth-order valence-electron chi connectivity index (χ4n) is 1.94. The molecule has 2 N–H and O–H groups in total. The number of rotatable bonds is 9. The largest absolute Gasteiger partial charge is 0.386 e. The van der Waals surface area contributed by atoms with Crippen LogP contribution < -0.4 is 5.73 Å². The van der Waals surface area contributed by atoms with Crippen LogP contribution in [0.15, 0.2) is 35.5 Å². The number of unbranched alkanes of at least 4 members (excludes halogenated alkanes) is 1. The van der Waals surface area contributed by atoms with Gasteiger partial charge in [-0.3, -0.25) is 0 Å². The first-order chi connectivity index (χ1) is 10.8. The van der Waals surface area contributed by atoms with E-state index in [2.05, 4.69) is 39.7 Å². The Labute approximate surface area is 130 Å². The number of hydrogen-bond acceptors (Lipinski definition) is 5. The van der Waals surface area contributed by atoms with Crippen molar-refractivity contribution in [2.45, 2.75) is 45.8 Å². The van der Waals surface area contributed by atoms with Gasteiger partial charge in [-0.25, -0.2) is 4.68 Å². The quantitative estimate of drug-likeness (QED) is 0.434. The summed E-state index contributed by atoms with van der Waals surface area (Å²) in [6.45, 7) is 3.14. The highest BCUT2D eigenvalue weighted by atomic mass is 16.6. The lowest BCUT2D eigenvalue weighted by Crippen LogP contribution is -2.14. The maximum absolute atomic E-state index is 5.85. The van der Waals surface area contributed by atoms with Crippen molar-refractivity contribution in [3.8, 4) is 0 Å². The van der Waals surface area contributed by atoms with E-state index in [1.165, 1.54) is 5.56 Å². The van der Waals surface area contributed by atoms with Gasteiger partial charge in [0.15, 0.2) is 12.4 Å². The summed E-state index contributed by atoms with van der Waals surface area (Å²) in [6, 6.07) is 10.1. The number of aromatic nitrogens is 4. The fourth-order valence-corrected chi connectivity index (χ4v) is 1.94. The summed E-state index contributed by atoms with van der Waals surface area (Å²) in [6.07, 6.45) is 3.61. The number of hydrogen-bond donors (Lipinski definition) is 1. The zero-order valence-corrected chi connectivity index (χ0v) is 12.9. The smallest absolute Gasteiger partial charge is 0.191 e. The van der Waals surface area contributed by atoms with Crippen LogP contribution in [-0.4, -0.2) is 26.0 Å². The summed E-state index contributed by atoms with van der Waals surface area (Å²) < 4.78 is 1.74. The van der Waals surface area contributed by atoms with Crippen LogP contribution in [0.3, 0.4) is 0 Å². The third-order valence-corrected chi connectivity index (χ3v) is 3.22. The Kier molecular flexibility index (Phi) is 6.35. The molecule has 22 heavy (non-hydrogen) atoms. The van der Waals surface area contributed by atoms with Crippen LogP contribution in [0, 0.1) is 0 Å². The molecule has 0 aliphatic rings.